The van der Waals surface area contributed by atoms with Gasteiger partial charge in [-0.05, 0) is 18.6 Å². The Labute approximate surface area is 179 Å². The molecule has 0 radical (unpaired) electrons. The molecule has 1 fully saturated rings. The number of aryl methyl sites for hydroxylation is 1. The molecule has 0 saturated carbocycles. The van der Waals surface area contributed by atoms with Crippen molar-refractivity contribution in [2.24, 2.45) is 0 Å². The van der Waals surface area contributed by atoms with Crippen molar-refractivity contribution in [3.05, 3.63) is 65.7 Å². The Balaban J connectivity index is 1.27. The summed E-state index contributed by atoms with van der Waals surface area (Å²) in [6.45, 7) is 4.76. The third-order valence-electron chi connectivity index (χ3n) is 5.09. The first kappa shape index (κ1) is 20.2. The number of carbonyl (C=O) groups excluding carboxylic acids is 2. The topological polar surface area (TPSA) is 78.4 Å². The van der Waals surface area contributed by atoms with Gasteiger partial charge in [0.05, 0.1) is 6.54 Å². The van der Waals surface area contributed by atoms with Crippen LogP contribution >= 0.6 is 11.3 Å². The maximum atomic E-state index is 12.7. The molecule has 0 atom stereocenters. The van der Waals surface area contributed by atoms with Crippen LogP contribution < -0.4 is 5.32 Å². The van der Waals surface area contributed by atoms with E-state index in [0.29, 0.717) is 31.3 Å². The van der Waals surface area contributed by atoms with Crippen molar-refractivity contribution < 1.29 is 9.59 Å². The van der Waals surface area contributed by atoms with Crippen LogP contribution in [0.25, 0.3) is 10.6 Å². The zero-order valence-electron chi connectivity index (χ0n) is 16.7. The van der Waals surface area contributed by atoms with E-state index in [1.165, 1.54) is 11.3 Å². The number of nitrogens with one attached hydrogen (secondary N) is 1. The summed E-state index contributed by atoms with van der Waals surface area (Å²) in [6, 6.07) is 17.4. The molecule has 1 N–H and O–H groups in total. The highest BCUT2D eigenvalue weighted by molar-refractivity contribution is 7.18. The Morgan fingerprint density at radius 3 is 2.40 bits per heavy atom. The molecule has 0 spiro atoms. The molecule has 0 aliphatic carbocycles. The number of nitrogens with zero attached hydrogens (tertiary/aromatic N) is 4. The third kappa shape index (κ3) is 4.72. The van der Waals surface area contributed by atoms with Crippen molar-refractivity contribution in [2.45, 2.75) is 6.92 Å². The van der Waals surface area contributed by atoms with Crippen LogP contribution in [0.3, 0.4) is 0 Å². The molecule has 0 unspecified atom stereocenters. The molecule has 154 valence electrons. The van der Waals surface area contributed by atoms with Crippen LogP contribution in [0.2, 0.25) is 0 Å². The van der Waals surface area contributed by atoms with Crippen molar-refractivity contribution in [3.8, 4) is 10.6 Å². The monoisotopic (exact) mass is 421 g/mol. The van der Waals surface area contributed by atoms with Gasteiger partial charge in [0.1, 0.15) is 5.01 Å². The number of aromatic nitrogens is 2. The number of carbonyl (C=O) groups is 2. The van der Waals surface area contributed by atoms with Crippen LogP contribution in [0.5, 0.6) is 0 Å². The molecular weight excluding hydrogens is 398 g/mol. The Hall–Kier alpha value is -3.10. The number of anilines is 1. The van der Waals surface area contributed by atoms with Crippen LogP contribution in [0.15, 0.2) is 54.6 Å². The third-order valence-corrected chi connectivity index (χ3v) is 5.98. The van der Waals surface area contributed by atoms with Crippen LogP contribution in [-0.2, 0) is 4.79 Å². The van der Waals surface area contributed by atoms with Crippen molar-refractivity contribution in [1.82, 2.24) is 20.0 Å². The molecule has 0 bridgehead atoms. The van der Waals surface area contributed by atoms with E-state index >= 15 is 0 Å². The zero-order chi connectivity index (χ0) is 20.9. The van der Waals surface area contributed by atoms with Crippen LogP contribution in [-0.4, -0.2) is 64.5 Å². The zero-order valence-corrected chi connectivity index (χ0v) is 17.6. The molecule has 2 heterocycles. The van der Waals surface area contributed by atoms with Gasteiger partial charge < -0.3 is 4.90 Å². The van der Waals surface area contributed by atoms with E-state index in [1.54, 1.807) is 0 Å². The van der Waals surface area contributed by atoms with Crippen molar-refractivity contribution in [2.75, 3.05) is 38.0 Å². The molecule has 2 amide bonds. The molecule has 7 nitrogen and oxygen atoms in total. The number of hydrogen-bond donors (Lipinski definition) is 1. The van der Waals surface area contributed by atoms with Gasteiger partial charge >= 0.3 is 0 Å². The summed E-state index contributed by atoms with van der Waals surface area (Å²) in [5, 5.41) is 12.3. The highest BCUT2D eigenvalue weighted by atomic mass is 32.1. The second-order valence-corrected chi connectivity index (χ2v) is 8.19. The molecular formula is C22H23N5O2S. The van der Waals surface area contributed by atoms with Gasteiger partial charge in [0.15, 0.2) is 0 Å². The Morgan fingerprint density at radius 1 is 0.967 bits per heavy atom. The Morgan fingerprint density at radius 2 is 1.67 bits per heavy atom. The number of rotatable bonds is 5. The maximum absolute atomic E-state index is 12.7. The first-order valence-electron chi connectivity index (χ1n) is 9.86. The van der Waals surface area contributed by atoms with Gasteiger partial charge in [-0.15, -0.1) is 10.2 Å². The second kappa shape index (κ2) is 9.15. The van der Waals surface area contributed by atoms with E-state index in [-0.39, 0.29) is 18.4 Å². The average molecular weight is 422 g/mol. The van der Waals surface area contributed by atoms with Gasteiger partial charge in [0.2, 0.25) is 11.0 Å². The van der Waals surface area contributed by atoms with E-state index in [9.17, 15) is 9.59 Å². The molecule has 1 aromatic heterocycles. The first-order chi connectivity index (χ1) is 14.6. The van der Waals surface area contributed by atoms with Gasteiger partial charge in [0, 0.05) is 37.3 Å². The van der Waals surface area contributed by atoms with Gasteiger partial charge in [-0.25, -0.2) is 0 Å². The molecule has 8 heteroatoms. The fourth-order valence-electron chi connectivity index (χ4n) is 3.43. The quantitative estimate of drug-likeness (QED) is 0.685. The molecule has 4 rings (SSSR count). The minimum Gasteiger partial charge on any atom is -0.336 e. The predicted molar refractivity (Wildman–Crippen MR) is 117 cm³/mol. The number of piperazine rings is 1. The van der Waals surface area contributed by atoms with E-state index < -0.39 is 0 Å². The number of hydrogen-bond acceptors (Lipinski definition) is 6. The lowest BCUT2D eigenvalue weighted by atomic mass is 10.1. The lowest BCUT2D eigenvalue weighted by Crippen LogP contribution is -2.50. The first-order valence-corrected chi connectivity index (χ1v) is 10.7. The summed E-state index contributed by atoms with van der Waals surface area (Å²) in [7, 11) is 0. The summed E-state index contributed by atoms with van der Waals surface area (Å²) in [6.07, 6.45) is 0. The van der Waals surface area contributed by atoms with E-state index in [1.807, 2.05) is 66.4 Å². The van der Waals surface area contributed by atoms with E-state index in [2.05, 4.69) is 20.4 Å². The molecule has 3 aromatic rings. The summed E-state index contributed by atoms with van der Waals surface area (Å²) >= 11 is 1.35. The van der Waals surface area contributed by atoms with Gasteiger partial charge in [-0.1, -0.05) is 59.9 Å². The summed E-state index contributed by atoms with van der Waals surface area (Å²) in [4.78, 5) is 29.0. The largest absolute Gasteiger partial charge is 0.336 e. The fourth-order valence-corrected chi connectivity index (χ4v) is 4.19. The SMILES string of the molecule is Cc1ccccc1C(=O)N1CCN(CC(=O)Nc2nnc(-c3ccccc3)s2)CC1. The Bertz CT molecular complexity index is 1030. The Kier molecular flexibility index (Phi) is 6.15. The highest BCUT2D eigenvalue weighted by Gasteiger charge is 2.24. The van der Waals surface area contributed by atoms with Crippen molar-refractivity contribution in [1.29, 1.82) is 0 Å². The van der Waals surface area contributed by atoms with Crippen LogP contribution in [0.1, 0.15) is 15.9 Å². The maximum Gasteiger partial charge on any atom is 0.254 e. The van der Waals surface area contributed by atoms with Gasteiger partial charge in [-0.2, -0.15) is 0 Å². The van der Waals surface area contributed by atoms with E-state index in [4.69, 9.17) is 0 Å². The number of benzene rings is 2. The fraction of sp³-hybridized carbons (Fsp3) is 0.273. The van der Waals surface area contributed by atoms with Crippen LogP contribution in [0, 0.1) is 6.92 Å². The van der Waals surface area contributed by atoms with Crippen molar-refractivity contribution >= 4 is 28.3 Å². The second-order valence-electron chi connectivity index (χ2n) is 7.21. The molecule has 2 aromatic carbocycles. The smallest absolute Gasteiger partial charge is 0.254 e. The van der Waals surface area contributed by atoms with E-state index in [0.717, 1.165) is 21.7 Å². The molecule has 1 aliphatic heterocycles. The standard InChI is InChI=1S/C22H23N5O2S/c1-16-7-5-6-10-18(16)21(29)27-13-11-26(12-14-27)15-19(28)23-22-25-24-20(30-22)17-8-3-2-4-9-17/h2-10H,11-15H2,1H3,(H,23,25,28). The lowest BCUT2D eigenvalue weighted by molar-refractivity contribution is -0.117. The minimum atomic E-state index is -0.121. The average Bonchev–Trinajstić information content (AvgIpc) is 3.23. The normalized spacial score (nSPS) is 14.5. The van der Waals surface area contributed by atoms with Gasteiger partial charge in [0.25, 0.3) is 5.91 Å². The van der Waals surface area contributed by atoms with Crippen LogP contribution in [0.4, 0.5) is 5.13 Å². The minimum absolute atomic E-state index is 0.0551. The van der Waals surface area contributed by atoms with Crippen molar-refractivity contribution in [3.63, 3.8) is 0 Å². The van der Waals surface area contributed by atoms with Gasteiger partial charge in [-0.3, -0.25) is 19.8 Å². The predicted octanol–water partition coefficient (Wildman–Crippen LogP) is 2.91. The molecule has 1 saturated heterocycles. The molecule has 1 aliphatic rings. The highest BCUT2D eigenvalue weighted by Crippen LogP contribution is 2.25. The lowest BCUT2D eigenvalue weighted by Gasteiger charge is -2.34. The summed E-state index contributed by atoms with van der Waals surface area (Å²) in [5.41, 5.74) is 2.70. The number of amides is 2. The summed E-state index contributed by atoms with van der Waals surface area (Å²) in [5.74, 6) is -0.0658. The molecule has 30 heavy (non-hydrogen) atoms. The summed E-state index contributed by atoms with van der Waals surface area (Å²) < 4.78 is 0.